The first-order chi connectivity index (χ1) is 10.1. The largest absolute Gasteiger partial charge is 0.394 e. The highest BCUT2D eigenvalue weighted by Gasteiger charge is 2.43. The highest BCUT2D eigenvalue weighted by molar-refractivity contribution is 4.88. The molecule has 0 amide bonds. The van der Waals surface area contributed by atoms with Crippen LogP contribution in [0, 0.1) is 0 Å². The number of hydrogen-bond donors (Lipinski definition) is 4. The van der Waals surface area contributed by atoms with Crippen molar-refractivity contribution in [1.82, 2.24) is 0 Å². The highest BCUT2D eigenvalue weighted by atomic mass is 19.1. The van der Waals surface area contributed by atoms with Gasteiger partial charge in [0.1, 0.15) is 24.4 Å². The monoisotopic (exact) mass is 310 g/mol. The predicted molar refractivity (Wildman–Crippen MR) is 73.4 cm³/mol. The van der Waals surface area contributed by atoms with Crippen LogP contribution in [0.2, 0.25) is 0 Å². The maximum absolute atomic E-state index is 11.9. The van der Waals surface area contributed by atoms with E-state index in [-0.39, 0.29) is 6.67 Å². The number of unbranched alkanes of at least 4 members (excludes halogenated alkanes) is 5. The Balaban J connectivity index is 2.16. The first-order valence-electron chi connectivity index (χ1n) is 7.60. The molecule has 1 heterocycles. The van der Waals surface area contributed by atoms with E-state index in [9.17, 15) is 19.7 Å². The maximum atomic E-state index is 11.9. The Kier molecular flexibility index (Phi) is 9.30. The van der Waals surface area contributed by atoms with E-state index in [0.29, 0.717) is 13.0 Å². The second-order valence-electron chi connectivity index (χ2n) is 5.38. The molecule has 6 nitrogen and oxygen atoms in total. The quantitative estimate of drug-likeness (QED) is 0.428. The molecule has 1 rings (SSSR count). The molecule has 0 bridgehead atoms. The molecule has 0 radical (unpaired) electrons. The molecule has 21 heavy (non-hydrogen) atoms. The summed E-state index contributed by atoms with van der Waals surface area (Å²) in [5, 5.41) is 38.0. The molecular weight excluding hydrogens is 283 g/mol. The minimum atomic E-state index is -1.40. The molecule has 4 N–H and O–H groups in total. The Bertz CT molecular complexity index is 266. The minimum absolute atomic E-state index is 0.264. The van der Waals surface area contributed by atoms with Crippen LogP contribution >= 0.6 is 0 Å². The van der Waals surface area contributed by atoms with E-state index in [1.807, 2.05) is 0 Å². The van der Waals surface area contributed by atoms with Gasteiger partial charge >= 0.3 is 0 Å². The van der Waals surface area contributed by atoms with Crippen molar-refractivity contribution in [3.63, 3.8) is 0 Å². The van der Waals surface area contributed by atoms with E-state index in [1.54, 1.807) is 0 Å². The normalized spacial score (nSPS) is 33.3. The lowest BCUT2D eigenvalue weighted by Gasteiger charge is -2.39. The molecule has 0 aromatic heterocycles. The van der Waals surface area contributed by atoms with Crippen LogP contribution < -0.4 is 0 Å². The fourth-order valence-corrected chi connectivity index (χ4v) is 2.31. The summed E-state index contributed by atoms with van der Waals surface area (Å²) in [6.45, 7) is -0.370. The molecular formula is C14H27FO6. The van der Waals surface area contributed by atoms with Crippen LogP contribution in [0.3, 0.4) is 0 Å². The molecule has 1 aliphatic heterocycles. The Morgan fingerprint density at radius 3 is 2.10 bits per heavy atom. The van der Waals surface area contributed by atoms with E-state index < -0.39 is 37.3 Å². The highest BCUT2D eigenvalue weighted by Crippen LogP contribution is 2.22. The molecule has 1 fully saturated rings. The summed E-state index contributed by atoms with van der Waals surface area (Å²) >= 11 is 0. The van der Waals surface area contributed by atoms with E-state index in [2.05, 4.69) is 0 Å². The third-order valence-electron chi connectivity index (χ3n) is 3.66. The van der Waals surface area contributed by atoms with Gasteiger partial charge in [0.2, 0.25) is 0 Å². The maximum Gasteiger partial charge on any atom is 0.186 e. The average molecular weight is 310 g/mol. The summed E-state index contributed by atoms with van der Waals surface area (Å²) in [6, 6.07) is 0. The third kappa shape index (κ3) is 6.14. The number of hydrogen-bond acceptors (Lipinski definition) is 6. The number of ether oxygens (including phenoxy) is 2. The Morgan fingerprint density at radius 2 is 1.48 bits per heavy atom. The topological polar surface area (TPSA) is 99.4 Å². The van der Waals surface area contributed by atoms with Gasteiger partial charge in [-0.1, -0.05) is 25.7 Å². The molecule has 0 aliphatic carbocycles. The molecule has 0 unspecified atom stereocenters. The first-order valence-corrected chi connectivity index (χ1v) is 7.60. The van der Waals surface area contributed by atoms with Gasteiger partial charge in [0.25, 0.3) is 0 Å². The van der Waals surface area contributed by atoms with Crippen molar-refractivity contribution in [3.05, 3.63) is 0 Å². The molecule has 126 valence electrons. The van der Waals surface area contributed by atoms with Crippen molar-refractivity contribution in [2.45, 2.75) is 69.2 Å². The van der Waals surface area contributed by atoms with Gasteiger partial charge in [0.15, 0.2) is 6.29 Å². The van der Waals surface area contributed by atoms with Crippen molar-refractivity contribution >= 4 is 0 Å². The average Bonchev–Trinajstić information content (AvgIpc) is 2.49. The molecule has 0 aromatic carbocycles. The van der Waals surface area contributed by atoms with Gasteiger partial charge in [-0.15, -0.1) is 0 Å². The smallest absolute Gasteiger partial charge is 0.186 e. The standard InChI is InChI=1S/C14H27FO6/c15-7-5-3-1-2-4-6-8-20-14-13(19)12(18)11(17)10(9-16)21-14/h10-14,16-19H,1-9H2/t10-,11-,12+,13-,14-/m1/s1. The zero-order valence-corrected chi connectivity index (χ0v) is 12.2. The Labute approximate surface area is 124 Å². The van der Waals surface area contributed by atoms with Crippen LogP contribution in [0.15, 0.2) is 0 Å². The van der Waals surface area contributed by atoms with Crippen LogP contribution in [0.1, 0.15) is 38.5 Å². The number of aliphatic hydroxyl groups is 4. The Hall–Kier alpha value is -0.310. The fraction of sp³-hybridized carbons (Fsp3) is 1.00. The van der Waals surface area contributed by atoms with Crippen molar-refractivity contribution in [3.8, 4) is 0 Å². The summed E-state index contributed by atoms with van der Waals surface area (Å²) in [5.74, 6) is 0. The van der Waals surface area contributed by atoms with Gasteiger partial charge in [-0.05, 0) is 12.8 Å². The summed E-state index contributed by atoms with van der Waals surface area (Å²) in [5.41, 5.74) is 0. The molecule has 1 saturated heterocycles. The van der Waals surface area contributed by atoms with Gasteiger partial charge < -0.3 is 29.9 Å². The van der Waals surface area contributed by atoms with Crippen LogP contribution in [0.25, 0.3) is 0 Å². The summed E-state index contributed by atoms with van der Waals surface area (Å²) < 4.78 is 22.4. The number of alkyl halides is 1. The third-order valence-corrected chi connectivity index (χ3v) is 3.66. The van der Waals surface area contributed by atoms with E-state index in [4.69, 9.17) is 14.6 Å². The van der Waals surface area contributed by atoms with E-state index in [1.165, 1.54) is 0 Å². The first kappa shape index (κ1) is 18.7. The summed E-state index contributed by atoms with van der Waals surface area (Å²) in [4.78, 5) is 0. The number of halogens is 1. The summed E-state index contributed by atoms with van der Waals surface area (Å²) in [6.07, 6.45) is -0.891. The number of aliphatic hydroxyl groups excluding tert-OH is 4. The lowest BCUT2D eigenvalue weighted by Crippen LogP contribution is -2.59. The summed E-state index contributed by atoms with van der Waals surface area (Å²) in [7, 11) is 0. The van der Waals surface area contributed by atoms with Crippen LogP contribution in [0.5, 0.6) is 0 Å². The van der Waals surface area contributed by atoms with Gasteiger partial charge in [0.05, 0.1) is 13.3 Å². The second-order valence-corrected chi connectivity index (χ2v) is 5.38. The fourth-order valence-electron chi connectivity index (χ4n) is 2.31. The van der Waals surface area contributed by atoms with Gasteiger partial charge in [-0.3, -0.25) is 4.39 Å². The van der Waals surface area contributed by atoms with Gasteiger partial charge in [0, 0.05) is 6.61 Å². The molecule has 7 heteroatoms. The van der Waals surface area contributed by atoms with Crippen molar-refractivity contribution in [2.75, 3.05) is 19.9 Å². The lowest BCUT2D eigenvalue weighted by molar-refractivity contribution is -0.301. The SMILES string of the molecule is OC[C@H]1O[C@@H](OCCCCCCCCF)[C@H](O)[C@@H](O)[C@@H]1O. The number of rotatable bonds is 10. The lowest BCUT2D eigenvalue weighted by atomic mass is 9.99. The Morgan fingerprint density at radius 1 is 0.857 bits per heavy atom. The molecule has 0 aromatic rings. The van der Waals surface area contributed by atoms with Crippen molar-refractivity contribution in [2.24, 2.45) is 0 Å². The second kappa shape index (κ2) is 10.4. The van der Waals surface area contributed by atoms with Crippen LogP contribution in [-0.4, -0.2) is 71.0 Å². The molecule has 0 saturated carbocycles. The van der Waals surface area contributed by atoms with E-state index in [0.717, 1.165) is 32.1 Å². The van der Waals surface area contributed by atoms with E-state index >= 15 is 0 Å². The van der Waals surface area contributed by atoms with Gasteiger partial charge in [-0.25, -0.2) is 0 Å². The predicted octanol–water partition coefficient (Wildman–Crippen LogP) is 0.113. The van der Waals surface area contributed by atoms with Crippen molar-refractivity contribution in [1.29, 1.82) is 0 Å². The minimum Gasteiger partial charge on any atom is -0.394 e. The zero-order chi connectivity index (χ0) is 15.7. The molecule has 0 spiro atoms. The zero-order valence-electron chi connectivity index (χ0n) is 12.2. The molecule has 1 aliphatic rings. The van der Waals surface area contributed by atoms with Crippen LogP contribution in [0.4, 0.5) is 4.39 Å². The molecule has 5 atom stereocenters. The van der Waals surface area contributed by atoms with Gasteiger partial charge in [-0.2, -0.15) is 0 Å². The van der Waals surface area contributed by atoms with Crippen LogP contribution in [-0.2, 0) is 9.47 Å². The van der Waals surface area contributed by atoms with Crippen molar-refractivity contribution < 1.29 is 34.3 Å².